The number of piperidine rings is 1. The molecule has 21 heavy (non-hydrogen) atoms. The standard InChI is InChI=1S/C16H23N3O2/c1-12(13-5-3-2-4-6-13)18-15(20)11-19-9-7-14(8-10-19)16(17)21/h2-6,12,14H,7-11H2,1H3,(H2,17,21)(H,18,20)/p+1/t12-/m0/s1. The third-order valence-electron chi connectivity index (χ3n) is 4.18. The average Bonchev–Trinajstić information content (AvgIpc) is 2.48. The van der Waals surface area contributed by atoms with Crippen molar-refractivity contribution < 1.29 is 14.5 Å². The molecule has 1 aliphatic rings. The quantitative estimate of drug-likeness (QED) is 0.693. The number of carbonyl (C=O) groups excluding carboxylic acids is 2. The molecule has 1 aromatic carbocycles. The average molecular weight is 290 g/mol. The Hall–Kier alpha value is -1.88. The smallest absolute Gasteiger partial charge is 0.275 e. The summed E-state index contributed by atoms with van der Waals surface area (Å²) in [6.45, 7) is 4.12. The molecule has 5 nitrogen and oxygen atoms in total. The number of nitrogens with one attached hydrogen (secondary N) is 2. The molecule has 1 saturated heterocycles. The Morgan fingerprint density at radius 1 is 1.29 bits per heavy atom. The molecule has 0 spiro atoms. The van der Waals surface area contributed by atoms with E-state index in [0.717, 1.165) is 31.5 Å². The highest BCUT2D eigenvalue weighted by atomic mass is 16.2. The van der Waals surface area contributed by atoms with Crippen LogP contribution in [0.3, 0.4) is 0 Å². The number of benzene rings is 1. The summed E-state index contributed by atoms with van der Waals surface area (Å²) in [7, 11) is 0. The second-order valence-corrected chi connectivity index (χ2v) is 5.80. The van der Waals surface area contributed by atoms with Gasteiger partial charge in [-0.25, -0.2) is 0 Å². The summed E-state index contributed by atoms with van der Waals surface area (Å²) in [6, 6.07) is 9.94. The molecular weight excluding hydrogens is 266 g/mol. The van der Waals surface area contributed by atoms with E-state index in [2.05, 4.69) is 5.32 Å². The first kappa shape index (κ1) is 15.5. The molecule has 1 heterocycles. The second-order valence-electron chi connectivity index (χ2n) is 5.80. The molecule has 0 bridgehead atoms. The van der Waals surface area contributed by atoms with Crippen molar-refractivity contribution in [1.29, 1.82) is 0 Å². The van der Waals surface area contributed by atoms with Crippen LogP contribution in [-0.2, 0) is 9.59 Å². The fourth-order valence-corrected chi connectivity index (χ4v) is 2.83. The molecular formula is C16H24N3O2+. The van der Waals surface area contributed by atoms with E-state index in [1.165, 1.54) is 4.90 Å². The van der Waals surface area contributed by atoms with Crippen LogP contribution in [0.2, 0.25) is 0 Å². The van der Waals surface area contributed by atoms with Crippen LogP contribution >= 0.6 is 0 Å². The zero-order chi connectivity index (χ0) is 15.2. The number of carbonyl (C=O) groups is 2. The molecule has 2 amide bonds. The van der Waals surface area contributed by atoms with E-state index >= 15 is 0 Å². The second kappa shape index (κ2) is 7.22. The third-order valence-corrected chi connectivity index (χ3v) is 4.18. The van der Waals surface area contributed by atoms with Crippen LogP contribution in [0.5, 0.6) is 0 Å². The van der Waals surface area contributed by atoms with E-state index < -0.39 is 0 Å². The zero-order valence-corrected chi connectivity index (χ0v) is 12.5. The Labute approximate surface area is 125 Å². The number of hydrogen-bond donors (Lipinski definition) is 3. The maximum absolute atomic E-state index is 12.1. The third kappa shape index (κ3) is 4.56. The number of amides is 2. The summed E-state index contributed by atoms with van der Waals surface area (Å²) in [5, 5.41) is 3.03. The fourth-order valence-electron chi connectivity index (χ4n) is 2.83. The Bertz CT molecular complexity index is 482. The number of quaternary nitrogens is 1. The molecule has 1 fully saturated rings. The number of primary amides is 1. The Kier molecular flexibility index (Phi) is 5.33. The minimum Gasteiger partial charge on any atom is -0.369 e. The SMILES string of the molecule is C[C@H](NC(=O)C[NH+]1CCC(C(N)=O)CC1)c1ccccc1. The van der Waals surface area contributed by atoms with Crippen molar-refractivity contribution in [3.05, 3.63) is 35.9 Å². The van der Waals surface area contributed by atoms with Crippen LogP contribution in [0.25, 0.3) is 0 Å². The largest absolute Gasteiger partial charge is 0.369 e. The van der Waals surface area contributed by atoms with Crippen molar-refractivity contribution in [2.45, 2.75) is 25.8 Å². The van der Waals surface area contributed by atoms with Gasteiger partial charge >= 0.3 is 0 Å². The molecule has 1 aromatic rings. The van der Waals surface area contributed by atoms with Gasteiger partial charge in [-0.3, -0.25) is 9.59 Å². The summed E-state index contributed by atoms with van der Waals surface area (Å²) >= 11 is 0. The monoisotopic (exact) mass is 290 g/mol. The summed E-state index contributed by atoms with van der Waals surface area (Å²) in [5.74, 6) is -0.171. The minimum absolute atomic E-state index is 0.0138. The molecule has 0 aliphatic carbocycles. The lowest BCUT2D eigenvalue weighted by Crippen LogP contribution is -3.14. The Morgan fingerprint density at radius 2 is 1.90 bits per heavy atom. The normalized spacial score (nSPS) is 23.3. The first-order valence-corrected chi connectivity index (χ1v) is 7.53. The van der Waals surface area contributed by atoms with Crippen LogP contribution in [0.15, 0.2) is 30.3 Å². The predicted molar refractivity (Wildman–Crippen MR) is 80.5 cm³/mol. The van der Waals surface area contributed by atoms with Crippen LogP contribution in [0.1, 0.15) is 31.4 Å². The van der Waals surface area contributed by atoms with E-state index in [4.69, 9.17) is 5.73 Å². The summed E-state index contributed by atoms with van der Waals surface area (Å²) in [6.07, 6.45) is 1.57. The van der Waals surface area contributed by atoms with Crippen LogP contribution in [-0.4, -0.2) is 31.4 Å². The van der Waals surface area contributed by atoms with Crippen LogP contribution in [0.4, 0.5) is 0 Å². The molecule has 5 heteroatoms. The summed E-state index contributed by atoms with van der Waals surface area (Å²) in [4.78, 5) is 24.4. The number of rotatable bonds is 5. The van der Waals surface area contributed by atoms with Crippen molar-refractivity contribution in [2.75, 3.05) is 19.6 Å². The lowest BCUT2D eigenvalue weighted by Gasteiger charge is -2.27. The van der Waals surface area contributed by atoms with Gasteiger partial charge in [0.2, 0.25) is 5.91 Å². The first-order valence-electron chi connectivity index (χ1n) is 7.53. The lowest BCUT2D eigenvalue weighted by atomic mass is 9.96. The predicted octanol–water partition coefficient (Wildman–Crippen LogP) is -0.356. The molecule has 4 N–H and O–H groups in total. The zero-order valence-electron chi connectivity index (χ0n) is 12.5. The van der Waals surface area contributed by atoms with E-state index in [0.29, 0.717) is 6.54 Å². The van der Waals surface area contributed by atoms with Gasteiger partial charge in [0, 0.05) is 18.8 Å². The highest BCUT2D eigenvalue weighted by molar-refractivity contribution is 5.77. The van der Waals surface area contributed by atoms with E-state index in [9.17, 15) is 9.59 Å². The van der Waals surface area contributed by atoms with Gasteiger partial charge in [0.25, 0.3) is 5.91 Å². The summed E-state index contributed by atoms with van der Waals surface area (Å²) < 4.78 is 0. The van der Waals surface area contributed by atoms with Gasteiger partial charge in [0.15, 0.2) is 6.54 Å². The molecule has 0 radical (unpaired) electrons. The minimum atomic E-state index is -0.212. The van der Waals surface area contributed by atoms with Gasteiger partial charge in [0.1, 0.15) is 0 Å². The molecule has 1 atom stereocenters. The highest BCUT2D eigenvalue weighted by Crippen LogP contribution is 2.10. The highest BCUT2D eigenvalue weighted by Gasteiger charge is 2.27. The number of likely N-dealkylation sites (tertiary alicyclic amines) is 1. The van der Waals surface area contributed by atoms with Crippen molar-refractivity contribution in [2.24, 2.45) is 11.7 Å². The van der Waals surface area contributed by atoms with Crippen molar-refractivity contribution >= 4 is 11.8 Å². The van der Waals surface area contributed by atoms with Gasteiger partial charge in [-0.1, -0.05) is 30.3 Å². The Balaban J connectivity index is 1.76. The van der Waals surface area contributed by atoms with Gasteiger partial charge in [-0.15, -0.1) is 0 Å². The van der Waals surface area contributed by atoms with Crippen LogP contribution < -0.4 is 16.0 Å². The first-order chi connectivity index (χ1) is 10.1. The molecule has 0 unspecified atom stereocenters. The lowest BCUT2D eigenvalue weighted by molar-refractivity contribution is -0.897. The maximum atomic E-state index is 12.1. The maximum Gasteiger partial charge on any atom is 0.275 e. The van der Waals surface area contributed by atoms with Crippen molar-refractivity contribution in [1.82, 2.24) is 5.32 Å². The van der Waals surface area contributed by atoms with Gasteiger partial charge in [-0.2, -0.15) is 0 Å². The summed E-state index contributed by atoms with van der Waals surface area (Å²) in [5.41, 5.74) is 6.42. The van der Waals surface area contributed by atoms with Crippen LogP contribution in [0, 0.1) is 5.92 Å². The van der Waals surface area contributed by atoms with Gasteiger partial charge in [0.05, 0.1) is 19.1 Å². The molecule has 2 rings (SSSR count). The Morgan fingerprint density at radius 3 is 2.48 bits per heavy atom. The topological polar surface area (TPSA) is 76.6 Å². The molecule has 1 aliphatic heterocycles. The molecule has 0 saturated carbocycles. The van der Waals surface area contributed by atoms with E-state index in [1.807, 2.05) is 37.3 Å². The van der Waals surface area contributed by atoms with E-state index in [-0.39, 0.29) is 23.8 Å². The van der Waals surface area contributed by atoms with Gasteiger partial charge < -0.3 is 16.0 Å². The van der Waals surface area contributed by atoms with Gasteiger partial charge in [-0.05, 0) is 12.5 Å². The number of hydrogen-bond acceptors (Lipinski definition) is 2. The van der Waals surface area contributed by atoms with E-state index in [1.54, 1.807) is 0 Å². The molecule has 0 aromatic heterocycles. The van der Waals surface area contributed by atoms with Crippen molar-refractivity contribution in [3.8, 4) is 0 Å². The van der Waals surface area contributed by atoms with Crippen molar-refractivity contribution in [3.63, 3.8) is 0 Å². The number of nitrogens with two attached hydrogens (primary N) is 1. The molecule has 114 valence electrons. The fraction of sp³-hybridized carbons (Fsp3) is 0.500.